The molecule has 0 aliphatic heterocycles. The fourth-order valence-electron chi connectivity index (χ4n) is 6.65. The SMILES string of the molecule is c1cnc2ccc(-c3ccc(-c4ccc5ccc6c(-c7ccc8ncccc8c7)ccc7ccc4c5c76)cc3)cc2c1. The van der Waals surface area contributed by atoms with Gasteiger partial charge in [0.25, 0.3) is 0 Å². The molecule has 42 heavy (non-hydrogen) atoms. The molecule has 0 aliphatic rings. The Morgan fingerprint density at radius 2 is 0.810 bits per heavy atom. The molecular weight excluding hydrogens is 508 g/mol. The number of nitrogens with zero attached hydrogens (tertiary/aromatic N) is 2. The van der Waals surface area contributed by atoms with Gasteiger partial charge < -0.3 is 0 Å². The summed E-state index contributed by atoms with van der Waals surface area (Å²) < 4.78 is 0. The monoisotopic (exact) mass is 532 g/mol. The summed E-state index contributed by atoms with van der Waals surface area (Å²) in [6, 6.07) is 48.5. The summed E-state index contributed by atoms with van der Waals surface area (Å²) in [6.45, 7) is 0. The van der Waals surface area contributed by atoms with Crippen molar-refractivity contribution in [2.24, 2.45) is 0 Å². The summed E-state index contributed by atoms with van der Waals surface area (Å²) in [5.41, 5.74) is 9.40. The lowest BCUT2D eigenvalue weighted by molar-refractivity contribution is 1.41. The van der Waals surface area contributed by atoms with Crippen molar-refractivity contribution in [1.82, 2.24) is 9.97 Å². The number of rotatable bonds is 3. The second-order valence-corrected chi connectivity index (χ2v) is 11.0. The third-order valence-electron chi connectivity index (χ3n) is 8.71. The van der Waals surface area contributed by atoms with Crippen LogP contribution in [-0.2, 0) is 0 Å². The Bertz CT molecular complexity index is 2460. The maximum absolute atomic E-state index is 4.52. The molecule has 0 saturated heterocycles. The van der Waals surface area contributed by atoms with Gasteiger partial charge in [-0.05, 0) is 102 Å². The number of pyridine rings is 2. The van der Waals surface area contributed by atoms with Crippen LogP contribution >= 0.6 is 0 Å². The van der Waals surface area contributed by atoms with E-state index in [0.717, 1.165) is 21.8 Å². The molecular formula is C40H24N2. The maximum Gasteiger partial charge on any atom is 0.0702 e. The summed E-state index contributed by atoms with van der Waals surface area (Å²) in [7, 11) is 0. The molecule has 9 aromatic rings. The van der Waals surface area contributed by atoms with Gasteiger partial charge in [0.2, 0.25) is 0 Å². The Morgan fingerprint density at radius 3 is 1.43 bits per heavy atom. The molecule has 0 aliphatic carbocycles. The van der Waals surface area contributed by atoms with Gasteiger partial charge in [-0.1, -0.05) is 97.1 Å². The van der Waals surface area contributed by atoms with Crippen LogP contribution in [0.15, 0.2) is 146 Å². The molecule has 2 heteroatoms. The molecule has 2 nitrogen and oxygen atoms in total. The van der Waals surface area contributed by atoms with E-state index in [1.807, 2.05) is 24.5 Å². The van der Waals surface area contributed by atoms with Gasteiger partial charge >= 0.3 is 0 Å². The van der Waals surface area contributed by atoms with Crippen LogP contribution in [0.5, 0.6) is 0 Å². The van der Waals surface area contributed by atoms with Gasteiger partial charge in [0.1, 0.15) is 0 Å². The lowest BCUT2D eigenvalue weighted by Gasteiger charge is -2.17. The average molecular weight is 533 g/mol. The minimum Gasteiger partial charge on any atom is -0.256 e. The van der Waals surface area contributed by atoms with E-state index in [2.05, 4.69) is 131 Å². The first-order chi connectivity index (χ1) is 20.8. The molecule has 0 atom stereocenters. The van der Waals surface area contributed by atoms with Gasteiger partial charge in [0.15, 0.2) is 0 Å². The molecule has 7 aromatic carbocycles. The zero-order chi connectivity index (χ0) is 27.6. The van der Waals surface area contributed by atoms with Gasteiger partial charge in [-0.2, -0.15) is 0 Å². The molecule has 0 bridgehead atoms. The Labute approximate surface area is 242 Å². The van der Waals surface area contributed by atoms with Crippen molar-refractivity contribution in [1.29, 1.82) is 0 Å². The van der Waals surface area contributed by atoms with Crippen molar-refractivity contribution in [3.63, 3.8) is 0 Å². The molecule has 0 radical (unpaired) electrons. The zero-order valence-corrected chi connectivity index (χ0v) is 22.8. The van der Waals surface area contributed by atoms with Crippen molar-refractivity contribution >= 4 is 54.1 Å². The number of benzene rings is 7. The van der Waals surface area contributed by atoms with Crippen LogP contribution in [0.2, 0.25) is 0 Å². The first kappa shape index (κ1) is 23.1. The molecule has 0 amide bonds. The Morgan fingerprint density at radius 1 is 0.333 bits per heavy atom. The van der Waals surface area contributed by atoms with E-state index in [1.165, 1.54) is 65.7 Å². The van der Waals surface area contributed by atoms with E-state index < -0.39 is 0 Å². The number of fused-ring (bicyclic) bond motifs is 2. The maximum atomic E-state index is 4.52. The number of hydrogen-bond donors (Lipinski definition) is 0. The van der Waals surface area contributed by atoms with Crippen LogP contribution in [-0.4, -0.2) is 9.97 Å². The van der Waals surface area contributed by atoms with Crippen LogP contribution in [0.4, 0.5) is 0 Å². The van der Waals surface area contributed by atoms with E-state index in [-0.39, 0.29) is 0 Å². The molecule has 0 saturated carbocycles. The van der Waals surface area contributed by atoms with Gasteiger partial charge in [-0.15, -0.1) is 0 Å². The van der Waals surface area contributed by atoms with Gasteiger partial charge in [0, 0.05) is 23.2 Å². The van der Waals surface area contributed by atoms with Crippen LogP contribution in [0.3, 0.4) is 0 Å². The standard InChI is InChI=1S/C40H24N2/c1-3-31-23-29(13-19-37(31)41-21-1)25-5-7-26(8-6-25)33-15-9-27-12-18-36-34(16-10-28-11-17-35(33)39(27)40(28)36)30-14-20-38-32(24-30)4-2-22-42-38/h1-24H. The van der Waals surface area contributed by atoms with Gasteiger partial charge in [0.05, 0.1) is 11.0 Å². The Hall–Kier alpha value is -5.60. The van der Waals surface area contributed by atoms with Crippen molar-refractivity contribution in [3.05, 3.63) is 146 Å². The minimum absolute atomic E-state index is 1.02. The Kier molecular flexibility index (Phi) is 4.93. The number of hydrogen-bond acceptors (Lipinski definition) is 2. The van der Waals surface area contributed by atoms with Crippen LogP contribution < -0.4 is 0 Å². The fraction of sp³-hybridized carbons (Fsp3) is 0. The van der Waals surface area contributed by atoms with E-state index in [9.17, 15) is 0 Å². The highest BCUT2D eigenvalue weighted by Gasteiger charge is 2.15. The highest BCUT2D eigenvalue weighted by Crippen LogP contribution is 2.42. The molecule has 0 fully saturated rings. The summed E-state index contributed by atoms with van der Waals surface area (Å²) in [5.74, 6) is 0. The van der Waals surface area contributed by atoms with Crippen molar-refractivity contribution in [2.45, 2.75) is 0 Å². The highest BCUT2D eigenvalue weighted by atomic mass is 14.6. The van der Waals surface area contributed by atoms with E-state index in [4.69, 9.17) is 0 Å². The van der Waals surface area contributed by atoms with Gasteiger partial charge in [-0.3, -0.25) is 9.97 Å². The quantitative estimate of drug-likeness (QED) is 0.212. The van der Waals surface area contributed by atoms with E-state index in [0.29, 0.717) is 0 Å². The molecule has 0 N–H and O–H groups in total. The predicted octanol–water partition coefficient (Wildman–Crippen LogP) is 10.7. The molecule has 9 rings (SSSR count). The van der Waals surface area contributed by atoms with Crippen LogP contribution in [0, 0.1) is 0 Å². The molecule has 0 unspecified atom stereocenters. The zero-order valence-electron chi connectivity index (χ0n) is 22.8. The van der Waals surface area contributed by atoms with Gasteiger partial charge in [-0.25, -0.2) is 0 Å². The van der Waals surface area contributed by atoms with Crippen LogP contribution in [0.25, 0.3) is 87.5 Å². The first-order valence-corrected chi connectivity index (χ1v) is 14.3. The smallest absolute Gasteiger partial charge is 0.0702 e. The predicted molar refractivity (Wildman–Crippen MR) is 177 cm³/mol. The Balaban J connectivity index is 1.19. The summed E-state index contributed by atoms with van der Waals surface area (Å²) in [5, 5.41) is 10.1. The van der Waals surface area contributed by atoms with Crippen molar-refractivity contribution in [3.8, 4) is 33.4 Å². The van der Waals surface area contributed by atoms with E-state index in [1.54, 1.807) is 0 Å². The lowest BCUT2D eigenvalue weighted by atomic mass is 9.87. The largest absolute Gasteiger partial charge is 0.256 e. The molecule has 0 spiro atoms. The fourth-order valence-corrected chi connectivity index (χ4v) is 6.65. The van der Waals surface area contributed by atoms with Crippen molar-refractivity contribution in [2.75, 3.05) is 0 Å². The lowest BCUT2D eigenvalue weighted by Crippen LogP contribution is -1.90. The summed E-state index contributed by atoms with van der Waals surface area (Å²) in [4.78, 5) is 8.98. The molecule has 2 heterocycles. The summed E-state index contributed by atoms with van der Waals surface area (Å²) in [6.07, 6.45) is 3.69. The topological polar surface area (TPSA) is 25.8 Å². The van der Waals surface area contributed by atoms with Crippen molar-refractivity contribution < 1.29 is 0 Å². The van der Waals surface area contributed by atoms with E-state index >= 15 is 0 Å². The minimum atomic E-state index is 1.02. The summed E-state index contributed by atoms with van der Waals surface area (Å²) >= 11 is 0. The highest BCUT2D eigenvalue weighted by molar-refractivity contribution is 6.27. The molecule has 2 aromatic heterocycles. The number of aromatic nitrogens is 2. The molecule has 194 valence electrons. The second-order valence-electron chi connectivity index (χ2n) is 11.0. The third-order valence-corrected chi connectivity index (χ3v) is 8.71. The van der Waals surface area contributed by atoms with Crippen LogP contribution in [0.1, 0.15) is 0 Å². The third kappa shape index (κ3) is 3.52. The average Bonchev–Trinajstić information content (AvgIpc) is 3.06. The first-order valence-electron chi connectivity index (χ1n) is 14.3. The normalized spacial score (nSPS) is 11.8. The second kappa shape index (κ2) is 8.95.